The number of hydrogen-bond donors (Lipinski definition) is 0. The van der Waals surface area contributed by atoms with Gasteiger partial charge in [0.2, 0.25) is 0 Å². The van der Waals surface area contributed by atoms with Gasteiger partial charge in [0, 0.05) is 24.7 Å². The summed E-state index contributed by atoms with van der Waals surface area (Å²) in [5.74, 6) is 2.94. The third-order valence-electron chi connectivity index (χ3n) is 7.50. The van der Waals surface area contributed by atoms with Gasteiger partial charge in [0.1, 0.15) is 41.7 Å². The van der Waals surface area contributed by atoms with Crippen LogP contribution < -0.4 is 9.47 Å². The maximum atomic E-state index is 12.5. The molecule has 8 heteroatoms. The van der Waals surface area contributed by atoms with E-state index in [-0.39, 0.29) is 6.09 Å². The zero-order chi connectivity index (χ0) is 29.5. The highest BCUT2D eigenvalue weighted by molar-refractivity contribution is 6.30. The minimum atomic E-state index is -0.469. The van der Waals surface area contributed by atoms with Crippen LogP contribution in [0.25, 0.3) is 11.0 Å². The summed E-state index contributed by atoms with van der Waals surface area (Å²) in [6.45, 7) is 8.85. The molecule has 2 heterocycles. The van der Waals surface area contributed by atoms with E-state index in [1.807, 2.05) is 80.3 Å². The monoisotopic (exact) mass is 589 g/mol. The van der Waals surface area contributed by atoms with E-state index >= 15 is 0 Å². The van der Waals surface area contributed by atoms with Gasteiger partial charge in [-0.3, -0.25) is 0 Å². The Kier molecular flexibility index (Phi) is 9.58. The van der Waals surface area contributed by atoms with Crippen LogP contribution in [0, 0.1) is 5.92 Å². The number of carbonyl (C=O) groups is 1. The second-order valence-electron chi connectivity index (χ2n) is 11.9. The van der Waals surface area contributed by atoms with Crippen LogP contribution >= 0.6 is 11.6 Å². The van der Waals surface area contributed by atoms with Gasteiger partial charge in [-0.2, -0.15) is 0 Å². The summed E-state index contributed by atoms with van der Waals surface area (Å²) >= 11 is 6.06. The van der Waals surface area contributed by atoms with Crippen molar-refractivity contribution in [1.82, 2.24) is 14.5 Å². The predicted octanol–water partition coefficient (Wildman–Crippen LogP) is 8.28. The average molecular weight is 590 g/mol. The highest BCUT2D eigenvalue weighted by atomic mass is 35.5. The Bertz CT molecular complexity index is 1460. The molecule has 1 aromatic heterocycles. The van der Waals surface area contributed by atoms with E-state index in [1.165, 1.54) is 0 Å². The van der Waals surface area contributed by atoms with Crippen molar-refractivity contribution < 1.29 is 19.0 Å². The van der Waals surface area contributed by atoms with E-state index in [0.29, 0.717) is 24.2 Å². The van der Waals surface area contributed by atoms with Gasteiger partial charge in [0.15, 0.2) is 0 Å². The van der Waals surface area contributed by atoms with Crippen LogP contribution in [0.1, 0.15) is 57.8 Å². The van der Waals surface area contributed by atoms with Crippen LogP contribution in [0.3, 0.4) is 0 Å². The molecule has 7 nitrogen and oxygen atoms in total. The van der Waals surface area contributed by atoms with E-state index < -0.39 is 5.60 Å². The van der Waals surface area contributed by atoms with Gasteiger partial charge in [-0.05, 0) is 94.3 Å². The lowest BCUT2D eigenvalue weighted by molar-refractivity contribution is 0.0180. The SMILES string of the molecule is CC(C)(C)OC(=O)N1CCC(CCCn2c(COc3ccc(Cl)cc3)nc3c(OCc4ccccc4)cccc32)CC1. The molecule has 0 N–H and O–H groups in total. The van der Waals surface area contributed by atoms with Crippen molar-refractivity contribution in [1.29, 1.82) is 0 Å². The fraction of sp³-hybridized carbons (Fsp3) is 0.412. The molecule has 0 saturated carbocycles. The molecule has 0 radical (unpaired) electrons. The molecule has 4 aromatic rings. The molecule has 5 rings (SSSR count). The molecule has 1 amide bonds. The summed E-state index contributed by atoms with van der Waals surface area (Å²) in [6, 6.07) is 23.6. The second-order valence-corrected chi connectivity index (χ2v) is 12.3. The number of aryl methyl sites for hydroxylation is 1. The number of carbonyl (C=O) groups excluding carboxylic acids is 1. The number of imidazole rings is 1. The Morgan fingerprint density at radius 3 is 2.38 bits per heavy atom. The van der Waals surface area contributed by atoms with Crippen molar-refractivity contribution in [2.24, 2.45) is 5.92 Å². The second kappa shape index (κ2) is 13.5. The summed E-state index contributed by atoms with van der Waals surface area (Å²) in [4.78, 5) is 19.3. The van der Waals surface area contributed by atoms with Gasteiger partial charge in [0.05, 0.1) is 5.52 Å². The van der Waals surface area contributed by atoms with Gasteiger partial charge < -0.3 is 23.7 Å². The Morgan fingerprint density at radius 1 is 0.929 bits per heavy atom. The Labute approximate surface area is 253 Å². The number of likely N-dealkylation sites (tertiary alicyclic amines) is 1. The van der Waals surface area contributed by atoms with E-state index in [2.05, 4.69) is 22.8 Å². The first-order valence-electron chi connectivity index (χ1n) is 14.8. The maximum Gasteiger partial charge on any atom is 0.410 e. The molecule has 1 aliphatic rings. The van der Waals surface area contributed by atoms with Crippen molar-refractivity contribution >= 4 is 28.7 Å². The first-order chi connectivity index (χ1) is 20.2. The van der Waals surface area contributed by atoms with E-state index in [0.717, 1.165) is 79.2 Å². The van der Waals surface area contributed by atoms with Gasteiger partial charge >= 0.3 is 6.09 Å². The van der Waals surface area contributed by atoms with Crippen molar-refractivity contribution in [3.63, 3.8) is 0 Å². The van der Waals surface area contributed by atoms with E-state index in [4.69, 9.17) is 30.8 Å². The zero-order valence-corrected chi connectivity index (χ0v) is 25.5. The van der Waals surface area contributed by atoms with Crippen LogP contribution in [0.15, 0.2) is 72.8 Å². The third-order valence-corrected chi connectivity index (χ3v) is 7.75. The van der Waals surface area contributed by atoms with Gasteiger partial charge in [-0.25, -0.2) is 9.78 Å². The molecule has 0 spiro atoms. The summed E-state index contributed by atoms with van der Waals surface area (Å²) in [5.41, 5.74) is 2.52. The number of hydrogen-bond acceptors (Lipinski definition) is 5. The summed E-state index contributed by atoms with van der Waals surface area (Å²) in [5, 5.41) is 0.673. The zero-order valence-electron chi connectivity index (χ0n) is 24.7. The standard InChI is InChI=1S/C34H40ClN3O4/c1-34(2,3)42-33(39)37-21-18-25(19-22-37)11-8-20-38-29-12-7-13-30(41-23-26-9-5-4-6-10-26)32(29)36-31(38)24-40-28-16-14-27(35)15-17-28/h4-7,9-10,12-17,25H,8,11,18-24H2,1-3H3. The van der Waals surface area contributed by atoms with E-state index in [1.54, 1.807) is 0 Å². The Hall–Kier alpha value is -3.71. The number of nitrogens with zero attached hydrogens (tertiary/aromatic N) is 3. The average Bonchev–Trinajstić information content (AvgIpc) is 3.33. The van der Waals surface area contributed by atoms with Crippen molar-refractivity contribution in [3.05, 3.63) is 89.2 Å². The molecule has 0 aliphatic carbocycles. The van der Waals surface area contributed by atoms with Crippen molar-refractivity contribution in [2.45, 2.75) is 71.8 Å². The molecular formula is C34H40ClN3O4. The molecule has 42 heavy (non-hydrogen) atoms. The van der Waals surface area contributed by atoms with E-state index in [9.17, 15) is 4.79 Å². The lowest BCUT2D eigenvalue weighted by Gasteiger charge is -2.33. The minimum absolute atomic E-state index is 0.207. The number of halogens is 1. The molecule has 0 bridgehead atoms. The number of amides is 1. The third kappa shape index (κ3) is 7.97. The lowest BCUT2D eigenvalue weighted by Crippen LogP contribution is -2.41. The molecule has 222 valence electrons. The van der Waals surface area contributed by atoms with Crippen LogP contribution in [-0.2, 0) is 24.5 Å². The summed E-state index contributed by atoms with van der Waals surface area (Å²) in [7, 11) is 0. The van der Waals surface area contributed by atoms with Crippen LogP contribution in [0.5, 0.6) is 11.5 Å². The Morgan fingerprint density at radius 2 is 1.67 bits per heavy atom. The molecular weight excluding hydrogens is 550 g/mol. The highest BCUT2D eigenvalue weighted by Gasteiger charge is 2.27. The molecule has 1 fully saturated rings. The highest BCUT2D eigenvalue weighted by Crippen LogP contribution is 2.29. The molecule has 0 unspecified atom stereocenters. The van der Waals surface area contributed by atoms with Crippen molar-refractivity contribution in [2.75, 3.05) is 13.1 Å². The van der Waals surface area contributed by atoms with Crippen LogP contribution in [0.2, 0.25) is 5.02 Å². The van der Waals surface area contributed by atoms with Crippen LogP contribution in [-0.4, -0.2) is 39.2 Å². The number of rotatable bonds is 10. The number of benzene rings is 3. The summed E-state index contributed by atoms with van der Waals surface area (Å²) < 4.78 is 20.2. The number of para-hydroxylation sites is 1. The van der Waals surface area contributed by atoms with Gasteiger partial charge in [-0.15, -0.1) is 0 Å². The molecule has 0 atom stereocenters. The van der Waals surface area contributed by atoms with Gasteiger partial charge in [-0.1, -0.05) is 48.0 Å². The number of piperidine rings is 1. The Balaban J connectivity index is 1.26. The molecule has 1 saturated heterocycles. The predicted molar refractivity (Wildman–Crippen MR) is 166 cm³/mol. The normalized spacial score (nSPS) is 14.2. The largest absolute Gasteiger partial charge is 0.487 e. The minimum Gasteiger partial charge on any atom is -0.487 e. The fourth-order valence-electron chi connectivity index (χ4n) is 5.33. The fourth-order valence-corrected chi connectivity index (χ4v) is 5.45. The smallest absolute Gasteiger partial charge is 0.410 e. The number of aromatic nitrogens is 2. The first-order valence-corrected chi connectivity index (χ1v) is 15.1. The number of fused-ring (bicyclic) bond motifs is 1. The van der Waals surface area contributed by atoms with Crippen LogP contribution in [0.4, 0.5) is 4.79 Å². The quantitative estimate of drug-likeness (QED) is 0.186. The lowest BCUT2D eigenvalue weighted by atomic mass is 9.92. The summed E-state index contributed by atoms with van der Waals surface area (Å²) in [6.07, 6.45) is 3.87. The maximum absolute atomic E-state index is 12.5. The number of ether oxygens (including phenoxy) is 3. The first kappa shape index (κ1) is 29.8. The topological polar surface area (TPSA) is 65.8 Å². The van der Waals surface area contributed by atoms with Crippen molar-refractivity contribution in [3.8, 4) is 11.5 Å². The molecule has 1 aliphatic heterocycles. The molecule has 3 aromatic carbocycles. The van der Waals surface area contributed by atoms with Gasteiger partial charge in [0.25, 0.3) is 0 Å².